The van der Waals surface area contributed by atoms with Crippen LogP contribution in [-0.4, -0.2) is 72.7 Å². The average Bonchev–Trinajstić information content (AvgIpc) is 3.00. The summed E-state index contributed by atoms with van der Waals surface area (Å²) in [5.74, 6) is -0.774. The molecular formula is C16H24N2O4S. The van der Waals surface area contributed by atoms with Crippen LogP contribution in [0.25, 0.3) is 0 Å². The molecule has 0 bridgehead atoms. The van der Waals surface area contributed by atoms with E-state index in [9.17, 15) is 9.59 Å². The third kappa shape index (κ3) is 4.53. The maximum atomic E-state index is 12.9. The summed E-state index contributed by atoms with van der Waals surface area (Å²) in [5, 5.41) is 10.8. The molecule has 0 spiro atoms. The van der Waals surface area contributed by atoms with Crippen LogP contribution in [0.2, 0.25) is 0 Å². The van der Waals surface area contributed by atoms with Gasteiger partial charge in [0.25, 0.3) is 0 Å². The summed E-state index contributed by atoms with van der Waals surface area (Å²) in [5.41, 5.74) is -0.553. The van der Waals surface area contributed by atoms with E-state index in [-0.39, 0.29) is 18.6 Å². The normalized spacial score (nSPS) is 19.1. The van der Waals surface area contributed by atoms with Gasteiger partial charge in [0, 0.05) is 24.5 Å². The summed E-state index contributed by atoms with van der Waals surface area (Å²) < 4.78 is 5.69. The molecule has 1 N–H and O–H groups in total. The molecular weight excluding hydrogens is 316 g/mol. The number of likely N-dealkylation sites (N-methyl/N-ethyl adjacent to an activating group) is 1. The summed E-state index contributed by atoms with van der Waals surface area (Å²) in [6.45, 7) is 5.91. The van der Waals surface area contributed by atoms with Gasteiger partial charge in [0.05, 0.1) is 24.7 Å². The van der Waals surface area contributed by atoms with Crippen LogP contribution in [0.4, 0.5) is 0 Å². The fraction of sp³-hybridized carbons (Fsp3) is 0.625. The number of carboxylic acid groups (broad SMARTS) is 1. The van der Waals surface area contributed by atoms with Crippen LogP contribution in [-0.2, 0) is 19.7 Å². The highest BCUT2D eigenvalue weighted by Gasteiger charge is 2.37. The number of thiophene rings is 1. The Bertz CT molecular complexity index is 544. The highest BCUT2D eigenvalue weighted by atomic mass is 32.1. The van der Waals surface area contributed by atoms with Crippen LogP contribution < -0.4 is 0 Å². The molecule has 0 radical (unpaired) electrons. The molecule has 1 unspecified atom stereocenters. The number of nitrogens with zero attached hydrogens (tertiary/aromatic N) is 2. The van der Waals surface area contributed by atoms with Crippen molar-refractivity contribution in [3.63, 3.8) is 0 Å². The number of rotatable bonds is 6. The van der Waals surface area contributed by atoms with Gasteiger partial charge in [-0.1, -0.05) is 6.07 Å². The van der Waals surface area contributed by atoms with Crippen molar-refractivity contribution in [1.82, 2.24) is 9.80 Å². The van der Waals surface area contributed by atoms with Crippen molar-refractivity contribution in [2.24, 2.45) is 0 Å². The molecule has 1 saturated heterocycles. The zero-order valence-corrected chi connectivity index (χ0v) is 14.6. The molecule has 1 aliphatic heterocycles. The predicted octanol–water partition coefficient (Wildman–Crippen LogP) is 1.27. The Labute approximate surface area is 140 Å². The lowest BCUT2D eigenvalue weighted by atomic mass is 9.89. The lowest BCUT2D eigenvalue weighted by Crippen LogP contribution is -2.53. The van der Waals surface area contributed by atoms with Crippen molar-refractivity contribution in [2.45, 2.75) is 25.4 Å². The Kier molecular flexibility index (Phi) is 5.78. The lowest BCUT2D eigenvalue weighted by molar-refractivity contribution is -0.145. The minimum atomic E-state index is -0.866. The van der Waals surface area contributed by atoms with Crippen molar-refractivity contribution in [3.8, 4) is 0 Å². The Balaban J connectivity index is 1.97. The first-order valence-corrected chi connectivity index (χ1v) is 8.54. The van der Waals surface area contributed by atoms with Crippen LogP contribution in [0, 0.1) is 0 Å². The summed E-state index contributed by atoms with van der Waals surface area (Å²) >= 11 is 1.59. The van der Waals surface area contributed by atoms with Crippen LogP contribution in [0.5, 0.6) is 0 Å². The zero-order chi connectivity index (χ0) is 17.0. The molecule has 23 heavy (non-hydrogen) atoms. The number of hydrogen-bond donors (Lipinski definition) is 1. The van der Waals surface area contributed by atoms with E-state index in [4.69, 9.17) is 9.84 Å². The van der Waals surface area contributed by atoms with Crippen molar-refractivity contribution < 1.29 is 19.4 Å². The fourth-order valence-electron chi connectivity index (χ4n) is 2.79. The first-order chi connectivity index (χ1) is 10.8. The Morgan fingerprint density at radius 2 is 2.26 bits per heavy atom. The smallest absolute Gasteiger partial charge is 0.317 e. The van der Waals surface area contributed by atoms with Crippen molar-refractivity contribution in [1.29, 1.82) is 0 Å². The Morgan fingerprint density at radius 3 is 2.87 bits per heavy atom. The number of carbonyl (C=O) groups excluding carboxylic acids is 1. The number of carbonyl (C=O) groups is 2. The standard InChI is InChI=1S/C16H24N2O4S/c1-16(2,13-5-4-8-23-13)15(21)18-6-7-22-12(10-18)9-17(3)11-14(19)20/h4-5,8,12H,6-7,9-11H2,1-3H3,(H,19,20). The largest absolute Gasteiger partial charge is 0.480 e. The molecule has 2 heterocycles. The van der Waals surface area contributed by atoms with Crippen LogP contribution >= 0.6 is 11.3 Å². The molecule has 1 amide bonds. The molecule has 1 aromatic rings. The highest BCUT2D eigenvalue weighted by Crippen LogP contribution is 2.30. The number of morpholine rings is 1. The van der Waals surface area contributed by atoms with Gasteiger partial charge in [-0.25, -0.2) is 0 Å². The molecule has 1 atom stereocenters. The van der Waals surface area contributed by atoms with Crippen LogP contribution in [0.3, 0.4) is 0 Å². The third-order valence-corrected chi connectivity index (χ3v) is 5.21. The summed E-state index contributed by atoms with van der Waals surface area (Å²) in [4.78, 5) is 28.2. The Morgan fingerprint density at radius 1 is 1.52 bits per heavy atom. The second kappa shape index (κ2) is 7.42. The lowest BCUT2D eigenvalue weighted by Gasteiger charge is -2.38. The monoisotopic (exact) mass is 340 g/mol. The average molecular weight is 340 g/mol. The predicted molar refractivity (Wildman–Crippen MR) is 88.8 cm³/mol. The van der Waals surface area contributed by atoms with Gasteiger partial charge in [-0.05, 0) is 32.3 Å². The summed E-state index contributed by atoms with van der Waals surface area (Å²) in [7, 11) is 1.74. The van der Waals surface area contributed by atoms with E-state index in [1.807, 2.05) is 36.3 Å². The van der Waals surface area contributed by atoms with Crippen molar-refractivity contribution >= 4 is 23.2 Å². The number of hydrogen-bond acceptors (Lipinski definition) is 5. The third-order valence-electron chi connectivity index (χ3n) is 4.02. The molecule has 0 saturated carbocycles. The second-order valence-corrected chi connectivity index (χ2v) is 7.38. The first kappa shape index (κ1) is 17.9. The molecule has 128 valence electrons. The van der Waals surface area contributed by atoms with Crippen molar-refractivity contribution in [2.75, 3.05) is 39.8 Å². The van der Waals surface area contributed by atoms with E-state index in [1.54, 1.807) is 23.3 Å². The molecule has 6 nitrogen and oxygen atoms in total. The van der Waals surface area contributed by atoms with Gasteiger partial charge in [0.2, 0.25) is 5.91 Å². The van der Waals surface area contributed by atoms with Gasteiger partial charge < -0.3 is 14.7 Å². The van der Waals surface area contributed by atoms with Gasteiger partial charge in [0.1, 0.15) is 0 Å². The quantitative estimate of drug-likeness (QED) is 0.844. The van der Waals surface area contributed by atoms with Crippen LogP contribution in [0.1, 0.15) is 18.7 Å². The Hall–Kier alpha value is -1.44. The van der Waals surface area contributed by atoms with E-state index in [0.29, 0.717) is 26.2 Å². The molecule has 2 rings (SSSR count). The van der Waals surface area contributed by atoms with E-state index < -0.39 is 11.4 Å². The maximum absolute atomic E-state index is 12.9. The first-order valence-electron chi connectivity index (χ1n) is 7.66. The SMILES string of the molecule is CN(CC(=O)O)CC1CN(C(=O)C(C)(C)c2cccs2)CCO1. The summed E-state index contributed by atoms with van der Waals surface area (Å²) in [6, 6.07) is 3.94. The molecule has 0 aromatic carbocycles. The molecule has 1 aliphatic rings. The van der Waals surface area contributed by atoms with E-state index >= 15 is 0 Å². The number of amides is 1. The van der Waals surface area contributed by atoms with Gasteiger partial charge in [-0.2, -0.15) is 0 Å². The van der Waals surface area contributed by atoms with E-state index in [0.717, 1.165) is 4.88 Å². The summed E-state index contributed by atoms with van der Waals surface area (Å²) in [6.07, 6.45) is -0.156. The highest BCUT2D eigenvalue weighted by molar-refractivity contribution is 7.10. The van der Waals surface area contributed by atoms with Gasteiger partial charge in [-0.15, -0.1) is 11.3 Å². The maximum Gasteiger partial charge on any atom is 0.317 e. The molecule has 1 aromatic heterocycles. The minimum Gasteiger partial charge on any atom is -0.480 e. The van der Waals surface area contributed by atoms with E-state index in [2.05, 4.69) is 0 Å². The molecule has 1 fully saturated rings. The second-order valence-electron chi connectivity index (χ2n) is 6.44. The number of carboxylic acids is 1. The number of aliphatic carboxylic acids is 1. The molecule has 7 heteroatoms. The number of ether oxygens (including phenoxy) is 1. The zero-order valence-electron chi connectivity index (χ0n) is 13.8. The van der Waals surface area contributed by atoms with Gasteiger partial charge in [0.15, 0.2) is 0 Å². The van der Waals surface area contributed by atoms with Gasteiger partial charge >= 0.3 is 5.97 Å². The van der Waals surface area contributed by atoms with Crippen LogP contribution in [0.15, 0.2) is 17.5 Å². The fourth-order valence-corrected chi connectivity index (χ4v) is 3.64. The van der Waals surface area contributed by atoms with Gasteiger partial charge in [-0.3, -0.25) is 14.5 Å². The van der Waals surface area contributed by atoms with E-state index in [1.165, 1.54) is 0 Å². The molecule has 0 aliphatic carbocycles. The minimum absolute atomic E-state index is 0.0332. The van der Waals surface area contributed by atoms with Crippen molar-refractivity contribution in [3.05, 3.63) is 22.4 Å². The topological polar surface area (TPSA) is 70.1 Å².